The van der Waals surface area contributed by atoms with E-state index in [0.29, 0.717) is 12.8 Å². The van der Waals surface area contributed by atoms with Gasteiger partial charge in [0.05, 0.1) is 19.8 Å². The Kier molecular flexibility index (Phi) is 35.2. The Morgan fingerprint density at radius 3 is 1.46 bits per heavy atom. The number of unbranched alkanes of at least 4 members (excludes halogenated alkanes) is 22. The van der Waals surface area contributed by atoms with Crippen molar-refractivity contribution in [2.75, 3.05) is 26.4 Å². The number of ether oxygens (including phenoxy) is 2. The second-order valence-corrected chi connectivity index (χ2v) is 15.1. The third-order valence-electron chi connectivity index (χ3n) is 8.67. The summed E-state index contributed by atoms with van der Waals surface area (Å²) in [5.41, 5.74) is 0. The summed E-state index contributed by atoms with van der Waals surface area (Å²) in [5.74, 6) is -0.928. The molecule has 0 aliphatic rings. The van der Waals surface area contributed by atoms with Gasteiger partial charge in [0.25, 0.3) is 0 Å². The van der Waals surface area contributed by atoms with E-state index in [9.17, 15) is 24.2 Å². The van der Waals surface area contributed by atoms with Gasteiger partial charge in [0, 0.05) is 12.8 Å². The van der Waals surface area contributed by atoms with Gasteiger partial charge in [-0.05, 0) is 38.5 Å². The van der Waals surface area contributed by atoms with Crippen molar-refractivity contribution in [1.29, 1.82) is 0 Å². The maximum atomic E-state index is 12.5. The summed E-state index contributed by atoms with van der Waals surface area (Å²) in [6.07, 6.45) is 31.8. The molecule has 3 atom stereocenters. The molecule has 296 valence electrons. The molecule has 0 bridgehead atoms. The fourth-order valence-corrected chi connectivity index (χ4v) is 6.31. The van der Waals surface area contributed by atoms with E-state index in [4.69, 9.17) is 19.1 Å². The Balaban J connectivity index is 4.33. The van der Waals surface area contributed by atoms with Crippen LogP contribution in [0.2, 0.25) is 0 Å². The number of phosphoric ester groups is 1. The van der Waals surface area contributed by atoms with Crippen LogP contribution in [-0.4, -0.2) is 65.7 Å². The number of hydrogen-bond acceptors (Lipinski definition) is 9. The van der Waals surface area contributed by atoms with Gasteiger partial charge < -0.3 is 24.6 Å². The van der Waals surface area contributed by atoms with E-state index in [0.717, 1.165) is 57.8 Å². The second kappa shape index (κ2) is 36.1. The molecule has 0 aromatic carbocycles. The zero-order valence-electron chi connectivity index (χ0n) is 31.9. The van der Waals surface area contributed by atoms with Crippen LogP contribution in [0.15, 0.2) is 12.2 Å². The van der Waals surface area contributed by atoms with Crippen molar-refractivity contribution in [2.24, 2.45) is 0 Å². The fourth-order valence-electron chi connectivity index (χ4n) is 5.52. The molecule has 50 heavy (non-hydrogen) atoms. The normalized spacial score (nSPS) is 14.1. The molecular formula is C39H75O10P. The van der Waals surface area contributed by atoms with Crippen LogP contribution in [0.3, 0.4) is 0 Å². The summed E-state index contributed by atoms with van der Waals surface area (Å²) in [7, 11) is -4.61. The Hall–Kier alpha value is -1.29. The van der Waals surface area contributed by atoms with Crippen LogP contribution in [0, 0.1) is 0 Å². The lowest BCUT2D eigenvalue weighted by Gasteiger charge is -2.20. The van der Waals surface area contributed by atoms with Crippen molar-refractivity contribution in [3.05, 3.63) is 12.2 Å². The zero-order chi connectivity index (χ0) is 37.0. The summed E-state index contributed by atoms with van der Waals surface area (Å²) >= 11 is 0. The van der Waals surface area contributed by atoms with Crippen molar-refractivity contribution in [2.45, 2.75) is 199 Å². The number of hydrogen-bond donors (Lipinski definition) is 3. The average Bonchev–Trinajstić information content (AvgIpc) is 3.10. The highest BCUT2D eigenvalue weighted by molar-refractivity contribution is 7.47. The van der Waals surface area contributed by atoms with E-state index in [1.54, 1.807) is 0 Å². The summed E-state index contributed by atoms with van der Waals surface area (Å²) < 4.78 is 32.6. The van der Waals surface area contributed by atoms with Crippen LogP contribution >= 0.6 is 7.82 Å². The lowest BCUT2D eigenvalue weighted by atomic mass is 10.0. The summed E-state index contributed by atoms with van der Waals surface area (Å²) in [5, 5.41) is 18.3. The molecular weight excluding hydrogens is 659 g/mol. The van der Waals surface area contributed by atoms with Gasteiger partial charge in [0.15, 0.2) is 6.10 Å². The molecule has 0 radical (unpaired) electrons. The third-order valence-corrected chi connectivity index (χ3v) is 9.62. The molecule has 0 saturated carbocycles. The van der Waals surface area contributed by atoms with Crippen molar-refractivity contribution in [3.8, 4) is 0 Å². The molecule has 0 aliphatic heterocycles. The number of esters is 2. The van der Waals surface area contributed by atoms with Gasteiger partial charge in [-0.3, -0.25) is 18.6 Å². The van der Waals surface area contributed by atoms with E-state index >= 15 is 0 Å². The molecule has 0 fully saturated rings. The molecule has 0 heterocycles. The van der Waals surface area contributed by atoms with Gasteiger partial charge in [-0.2, -0.15) is 0 Å². The van der Waals surface area contributed by atoms with Crippen LogP contribution in [0.25, 0.3) is 0 Å². The van der Waals surface area contributed by atoms with E-state index in [1.165, 1.54) is 89.9 Å². The summed E-state index contributed by atoms with van der Waals surface area (Å²) in [4.78, 5) is 34.8. The molecule has 0 aliphatic carbocycles. The number of rotatable bonds is 38. The predicted octanol–water partition coefficient (Wildman–Crippen LogP) is 10.1. The number of allylic oxidation sites excluding steroid dienone is 2. The number of carbonyl (C=O) groups excluding carboxylic acids is 2. The number of phosphoric acid groups is 1. The topological polar surface area (TPSA) is 149 Å². The highest BCUT2D eigenvalue weighted by atomic mass is 31.2. The number of aliphatic hydroxyl groups is 2. The monoisotopic (exact) mass is 735 g/mol. The van der Waals surface area contributed by atoms with Crippen LogP contribution in [0.5, 0.6) is 0 Å². The van der Waals surface area contributed by atoms with Crippen molar-refractivity contribution in [1.82, 2.24) is 0 Å². The smallest absolute Gasteiger partial charge is 0.462 e. The van der Waals surface area contributed by atoms with Gasteiger partial charge in [-0.15, -0.1) is 0 Å². The molecule has 1 unspecified atom stereocenters. The molecule has 0 aromatic rings. The summed E-state index contributed by atoms with van der Waals surface area (Å²) in [6, 6.07) is 0. The van der Waals surface area contributed by atoms with E-state index in [1.807, 2.05) is 0 Å². The van der Waals surface area contributed by atoms with E-state index in [2.05, 4.69) is 30.5 Å². The zero-order valence-corrected chi connectivity index (χ0v) is 32.8. The highest BCUT2D eigenvalue weighted by Gasteiger charge is 2.27. The average molecular weight is 735 g/mol. The minimum atomic E-state index is -4.61. The number of carbonyl (C=O) groups is 2. The number of aliphatic hydroxyl groups excluding tert-OH is 2. The first-order valence-corrected chi connectivity index (χ1v) is 21.6. The minimum absolute atomic E-state index is 0.178. The van der Waals surface area contributed by atoms with Crippen LogP contribution in [-0.2, 0) is 32.7 Å². The fraction of sp³-hybridized carbons (Fsp3) is 0.897. The van der Waals surface area contributed by atoms with Crippen molar-refractivity contribution >= 4 is 19.8 Å². The molecule has 0 spiro atoms. The highest BCUT2D eigenvalue weighted by Crippen LogP contribution is 2.43. The summed E-state index contributed by atoms with van der Waals surface area (Å²) in [6.45, 7) is 2.36. The third kappa shape index (κ3) is 35.1. The SMILES string of the molecule is CCCCCC/C=C/CCCCCCCC(=O)O[C@H](COC(=O)CCCCCCCCCCCCCCCC)COP(=O)(O)OC[C@@H](O)CO. The first kappa shape index (κ1) is 48.7. The molecule has 0 aromatic heterocycles. The second-order valence-electron chi connectivity index (χ2n) is 13.7. The molecule has 0 rings (SSSR count). The largest absolute Gasteiger partial charge is 0.472 e. The van der Waals surface area contributed by atoms with Crippen LogP contribution in [0.4, 0.5) is 0 Å². The van der Waals surface area contributed by atoms with Crippen LogP contribution in [0.1, 0.15) is 187 Å². The van der Waals surface area contributed by atoms with E-state index in [-0.39, 0.29) is 19.4 Å². The standard InChI is InChI=1S/C39H75O10P/c1-3-5-7-9-11-13-15-17-19-20-22-24-26-28-30-38(42)46-34-37(35-48-50(44,45)47-33-36(41)32-40)49-39(43)31-29-27-25-23-21-18-16-14-12-10-8-6-4-2/h14,16,36-37,40-41H,3-13,15,17-35H2,1-2H3,(H,44,45)/b16-14+/t36-,37+/m0/s1. The Bertz CT molecular complexity index is 853. The Morgan fingerprint density at radius 1 is 0.580 bits per heavy atom. The Labute approximate surface area is 305 Å². The van der Waals surface area contributed by atoms with Gasteiger partial charge in [-0.1, -0.05) is 148 Å². The maximum Gasteiger partial charge on any atom is 0.472 e. The lowest BCUT2D eigenvalue weighted by Crippen LogP contribution is -2.29. The van der Waals surface area contributed by atoms with Crippen LogP contribution < -0.4 is 0 Å². The minimum Gasteiger partial charge on any atom is -0.462 e. The van der Waals surface area contributed by atoms with Crippen molar-refractivity contribution < 1.29 is 47.8 Å². The molecule has 0 saturated heterocycles. The maximum absolute atomic E-state index is 12.5. The van der Waals surface area contributed by atoms with Crippen molar-refractivity contribution in [3.63, 3.8) is 0 Å². The lowest BCUT2D eigenvalue weighted by molar-refractivity contribution is -0.161. The quantitative estimate of drug-likeness (QED) is 0.0242. The Morgan fingerprint density at radius 2 is 0.980 bits per heavy atom. The first-order chi connectivity index (χ1) is 24.2. The van der Waals surface area contributed by atoms with E-state index < -0.39 is 51.8 Å². The van der Waals surface area contributed by atoms with Gasteiger partial charge in [0.1, 0.15) is 12.7 Å². The first-order valence-electron chi connectivity index (χ1n) is 20.1. The van der Waals surface area contributed by atoms with Gasteiger partial charge in [0.2, 0.25) is 0 Å². The molecule has 0 amide bonds. The molecule has 11 heteroatoms. The van der Waals surface area contributed by atoms with Gasteiger partial charge >= 0.3 is 19.8 Å². The molecule has 3 N–H and O–H groups in total. The molecule has 10 nitrogen and oxygen atoms in total. The van der Waals surface area contributed by atoms with Gasteiger partial charge in [-0.25, -0.2) is 4.57 Å². The predicted molar refractivity (Wildman–Crippen MR) is 201 cm³/mol.